The third-order valence-corrected chi connectivity index (χ3v) is 3.25. The lowest BCUT2D eigenvalue weighted by Crippen LogP contribution is -2.12. The number of hydrogen-bond acceptors (Lipinski definition) is 3. The maximum Gasteiger partial charge on any atom is 0.148 e. The summed E-state index contributed by atoms with van der Waals surface area (Å²) in [5.41, 5.74) is 0.963. The molecule has 0 aliphatic heterocycles. The Morgan fingerprint density at radius 2 is 1.17 bits per heavy atom. The van der Waals surface area contributed by atoms with Crippen LogP contribution in [0.3, 0.4) is 0 Å². The summed E-state index contributed by atoms with van der Waals surface area (Å²) in [7, 11) is 1.59. The van der Waals surface area contributed by atoms with Gasteiger partial charge in [0.25, 0.3) is 0 Å². The molecule has 0 saturated carbocycles. The summed E-state index contributed by atoms with van der Waals surface area (Å²) in [5.74, 6) is 50.9. The molecular formula is C32H59NO2. The van der Waals surface area contributed by atoms with Crippen molar-refractivity contribution in [2.75, 3.05) is 13.7 Å². The first-order valence-electron chi connectivity index (χ1n) is 9.82. The van der Waals surface area contributed by atoms with E-state index in [9.17, 15) is 0 Å². The van der Waals surface area contributed by atoms with Crippen LogP contribution in [0.2, 0.25) is 0 Å². The topological polar surface area (TPSA) is 30.5 Å². The fourth-order valence-electron chi connectivity index (χ4n) is 1.84. The zero-order valence-electron chi connectivity index (χ0n) is 19.0. The Hall–Kier alpha value is -6.06. The van der Waals surface area contributed by atoms with Crippen molar-refractivity contribution < 1.29 is 40.9 Å². The average Bonchev–Trinajstić information content (AvgIpc) is 2.88. The van der Waals surface area contributed by atoms with Gasteiger partial charge in [-0.25, -0.2) is 0 Å². The highest BCUT2D eigenvalue weighted by Crippen LogP contribution is 2.24. The third kappa shape index (κ3) is 14.6. The fraction of sp³-hybridized carbons (Fsp3) is 0.125. The highest BCUT2D eigenvalue weighted by atomic mass is 16.5. The SMILES string of the molecule is C#CC#CC#CC#CC#CC#CC#CC#CC#CC#CC#COc1cc(OC)ccc1CNCC.[HH].[HH].[HH].[HH].[HH].[HH].[HH].[HH].[HH].[HH].[HH].[HH].[HH].[HH].[HH].[HH].[HH].[HH].[HH].[HH].[HH].[HH]. The molecule has 1 aromatic carbocycles. The molecule has 1 aromatic rings. The molecule has 3 nitrogen and oxygen atoms in total. The van der Waals surface area contributed by atoms with Gasteiger partial charge in [0.15, 0.2) is 0 Å². The zero-order chi connectivity index (χ0) is 25.2. The molecule has 0 bridgehead atoms. The Morgan fingerprint density at radius 3 is 1.60 bits per heavy atom. The van der Waals surface area contributed by atoms with Gasteiger partial charge in [0, 0.05) is 121 Å². The van der Waals surface area contributed by atoms with Crippen LogP contribution in [0.1, 0.15) is 43.9 Å². The lowest BCUT2D eigenvalue weighted by molar-refractivity contribution is 0.410. The van der Waals surface area contributed by atoms with E-state index in [1.165, 1.54) is 0 Å². The van der Waals surface area contributed by atoms with Gasteiger partial charge in [-0.3, -0.25) is 0 Å². The summed E-state index contributed by atoms with van der Waals surface area (Å²) in [6.45, 7) is 3.53. The van der Waals surface area contributed by atoms with Crippen molar-refractivity contribution in [2.24, 2.45) is 0 Å². The monoisotopic (exact) mass is 489 g/mol. The molecule has 0 aliphatic rings. The van der Waals surface area contributed by atoms with E-state index in [2.05, 4.69) is 130 Å². The standard InChI is InChI=1S/C32H15NO2.22H2/c1-4-6-7-8-9-10-11-12-13-14-15-16-17-18-19-20-21-22-23-24-27-35-32-28-31(34-3)26-25-30(32)29-33-5-2;;;;;;;;;;;;;;;;;;;;;;/h1,25-26,28,33H,5,29H2,2-3H3;22*1H. The minimum absolute atomic E-state index is 0. The van der Waals surface area contributed by atoms with Crippen LogP contribution in [0, 0.1) is 131 Å². The molecule has 0 aliphatic carbocycles. The second-order valence-corrected chi connectivity index (χ2v) is 5.48. The van der Waals surface area contributed by atoms with Crippen LogP contribution >= 0.6 is 0 Å². The van der Waals surface area contributed by atoms with Crippen LogP contribution in [0.25, 0.3) is 0 Å². The summed E-state index contributed by atoms with van der Waals surface area (Å²) in [6.07, 6.45) is 7.48. The molecule has 0 atom stereocenters. The minimum atomic E-state index is 0. The average molecular weight is 490 g/mol. The van der Waals surface area contributed by atoms with Crippen molar-refractivity contribution >= 4 is 0 Å². The maximum absolute atomic E-state index is 5.49. The highest BCUT2D eigenvalue weighted by molar-refractivity contribution is 5.47. The third-order valence-electron chi connectivity index (χ3n) is 3.25. The summed E-state index contributed by atoms with van der Waals surface area (Å²) >= 11 is 0. The van der Waals surface area contributed by atoms with Crippen LogP contribution in [0.4, 0.5) is 0 Å². The first kappa shape index (κ1) is 27.0. The van der Waals surface area contributed by atoms with E-state index in [1.807, 2.05) is 19.1 Å². The van der Waals surface area contributed by atoms with Gasteiger partial charge in [-0.05, 0) is 60.0 Å². The number of rotatable bonds is 5. The Balaban J connectivity index is -0.0000000278. The van der Waals surface area contributed by atoms with Crippen LogP contribution in [-0.4, -0.2) is 13.7 Å². The Labute approximate surface area is 240 Å². The van der Waals surface area contributed by atoms with Gasteiger partial charge in [-0.15, -0.1) is 6.42 Å². The van der Waals surface area contributed by atoms with Gasteiger partial charge >= 0.3 is 0 Å². The molecule has 1 rings (SSSR count). The molecule has 0 amide bonds. The van der Waals surface area contributed by atoms with Crippen LogP contribution in [-0.2, 0) is 6.54 Å². The second kappa shape index (κ2) is 19.9. The number of ether oxygens (including phenoxy) is 2. The maximum atomic E-state index is 5.49. The largest absolute Gasteiger partial charge is 0.497 e. The van der Waals surface area contributed by atoms with Gasteiger partial charge in [-0.1, -0.05) is 13.0 Å². The summed E-state index contributed by atoms with van der Waals surface area (Å²) in [5, 5.41) is 3.24. The number of methoxy groups -OCH3 is 1. The normalized spacial score (nSPS) is 6.31. The van der Waals surface area contributed by atoms with Crippen LogP contribution in [0.5, 0.6) is 11.5 Å². The Kier molecular flexibility index (Phi) is 15.3. The van der Waals surface area contributed by atoms with Crippen molar-refractivity contribution in [1.82, 2.24) is 5.32 Å². The summed E-state index contributed by atoms with van der Waals surface area (Å²) < 4.78 is 10.7. The predicted molar refractivity (Wildman–Crippen MR) is 184 cm³/mol. The fourth-order valence-corrected chi connectivity index (χ4v) is 1.84. The number of benzene rings is 1. The van der Waals surface area contributed by atoms with Gasteiger partial charge in [0.05, 0.1) is 7.11 Å². The summed E-state index contributed by atoms with van der Waals surface area (Å²) in [6, 6.07) is 5.56. The van der Waals surface area contributed by atoms with Gasteiger partial charge < -0.3 is 14.8 Å². The Morgan fingerprint density at radius 1 is 0.714 bits per heavy atom. The molecular weight excluding hydrogens is 430 g/mol. The van der Waals surface area contributed by atoms with E-state index in [-0.39, 0.29) is 31.4 Å². The molecule has 0 aromatic heterocycles. The highest BCUT2D eigenvalue weighted by Gasteiger charge is 2.05. The number of hydrogen-bond donors (Lipinski definition) is 1. The first-order valence-corrected chi connectivity index (χ1v) is 9.82. The van der Waals surface area contributed by atoms with Crippen molar-refractivity contribution in [2.45, 2.75) is 13.5 Å². The molecule has 0 radical (unpaired) electrons. The predicted octanol–water partition coefficient (Wildman–Crippen LogP) is 7.22. The minimum Gasteiger partial charge on any atom is -0.497 e. The molecule has 0 heterocycles. The van der Waals surface area contributed by atoms with E-state index >= 15 is 0 Å². The summed E-state index contributed by atoms with van der Waals surface area (Å²) in [4.78, 5) is 0. The van der Waals surface area contributed by atoms with Gasteiger partial charge in [0.1, 0.15) is 17.6 Å². The zero-order valence-corrected chi connectivity index (χ0v) is 19.0. The van der Waals surface area contributed by atoms with E-state index < -0.39 is 0 Å². The van der Waals surface area contributed by atoms with E-state index in [0.717, 1.165) is 12.1 Å². The second-order valence-electron chi connectivity index (χ2n) is 5.48. The molecule has 3 heteroatoms. The van der Waals surface area contributed by atoms with Gasteiger partial charge in [0.2, 0.25) is 0 Å². The van der Waals surface area contributed by atoms with Crippen molar-refractivity contribution in [1.29, 1.82) is 0 Å². The number of nitrogens with one attached hydrogen (secondary N) is 1. The van der Waals surface area contributed by atoms with Gasteiger partial charge in [-0.2, -0.15) is 0 Å². The van der Waals surface area contributed by atoms with Crippen molar-refractivity contribution in [3.05, 3.63) is 23.8 Å². The first-order chi connectivity index (χ1) is 17.3. The molecule has 0 spiro atoms. The van der Waals surface area contributed by atoms with E-state index in [1.54, 1.807) is 13.2 Å². The molecule has 1 N–H and O–H groups in total. The van der Waals surface area contributed by atoms with E-state index in [4.69, 9.17) is 15.9 Å². The smallest absolute Gasteiger partial charge is 0.148 e. The number of terminal acetylenes is 1. The molecule has 0 unspecified atom stereocenters. The quantitative estimate of drug-likeness (QED) is 0.443. The van der Waals surface area contributed by atoms with Crippen molar-refractivity contribution in [3.63, 3.8) is 0 Å². The van der Waals surface area contributed by atoms with Crippen LogP contribution < -0.4 is 14.8 Å². The Bertz CT molecular complexity index is 1660. The molecule has 0 fully saturated rings. The van der Waals surface area contributed by atoms with Crippen LogP contribution in [0.15, 0.2) is 18.2 Å². The molecule has 204 valence electrons. The molecule has 35 heavy (non-hydrogen) atoms. The van der Waals surface area contributed by atoms with Crippen molar-refractivity contribution in [3.8, 4) is 142 Å². The lowest BCUT2D eigenvalue weighted by Gasteiger charge is -2.09. The molecule has 0 saturated heterocycles. The van der Waals surface area contributed by atoms with E-state index in [0.29, 0.717) is 18.0 Å². The lowest BCUT2D eigenvalue weighted by atomic mass is 10.2.